The third kappa shape index (κ3) is 5.14. The van der Waals surface area contributed by atoms with E-state index in [1.165, 1.54) is 27.4 Å². The topological polar surface area (TPSA) is 20.6 Å². The molecule has 0 saturated carbocycles. The zero-order valence-electron chi connectivity index (χ0n) is 29.4. The quantitative estimate of drug-likeness (QED) is 0.174. The predicted molar refractivity (Wildman–Crippen MR) is 221 cm³/mol. The second-order valence-electron chi connectivity index (χ2n) is 14.0. The van der Waals surface area contributed by atoms with Crippen LogP contribution in [-0.2, 0) is 0 Å². The van der Waals surface area contributed by atoms with Crippen molar-refractivity contribution in [1.29, 1.82) is 0 Å². The molecule has 8 aromatic rings. The molecular weight excluding hydrogens is 647 g/mol. The van der Waals surface area contributed by atoms with Gasteiger partial charge < -0.3 is 19.1 Å². The molecule has 0 N–H and O–H groups in total. The van der Waals surface area contributed by atoms with Crippen LogP contribution in [0, 0.1) is 0 Å². The fourth-order valence-corrected chi connectivity index (χ4v) is 8.23. The molecule has 7 aromatic carbocycles. The van der Waals surface area contributed by atoms with E-state index in [0.717, 1.165) is 45.4 Å². The normalized spacial score (nSPS) is 17.4. The Bertz CT molecular complexity index is 2680. The van der Waals surface area contributed by atoms with Crippen LogP contribution in [0.2, 0.25) is 0 Å². The van der Waals surface area contributed by atoms with E-state index in [0.29, 0.717) is 0 Å². The van der Waals surface area contributed by atoms with Crippen molar-refractivity contribution in [2.24, 2.45) is 0 Å². The molecule has 53 heavy (non-hydrogen) atoms. The number of fused-ring (bicyclic) bond motifs is 5. The summed E-state index contributed by atoms with van der Waals surface area (Å²) in [6.07, 6.45) is 8.52. The molecule has 2 aliphatic rings. The minimum atomic E-state index is -0.391. The van der Waals surface area contributed by atoms with Gasteiger partial charge in [0.05, 0.1) is 16.7 Å². The molecule has 4 nitrogen and oxygen atoms in total. The first-order valence-corrected chi connectivity index (χ1v) is 18.2. The van der Waals surface area contributed by atoms with E-state index in [4.69, 9.17) is 4.74 Å². The van der Waals surface area contributed by atoms with Gasteiger partial charge in [0.2, 0.25) is 0 Å². The number of aromatic nitrogens is 1. The molecule has 1 aromatic heterocycles. The van der Waals surface area contributed by atoms with E-state index < -0.39 is 5.54 Å². The third-order valence-corrected chi connectivity index (χ3v) is 10.8. The van der Waals surface area contributed by atoms with Gasteiger partial charge in [-0.2, -0.15) is 0 Å². The summed E-state index contributed by atoms with van der Waals surface area (Å²) in [5, 5.41) is 2.42. The molecule has 0 saturated heterocycles. The Balaban J connectivity index is 1.11. The highest BCUT2D eigenvalue weighted by atomic mass is 16.5. The van der Waals surface area contributed by atoms with E-state index in [-0.39, 0.29) is 6.10 Å². The molecule has 1 aliphatic heterocycles. The van der Waals surface area contributed by atoms with Crippen LogP contribution in [-0.4, -0.2) is 16.2 Å². The summed E-state index contributed by atoms with van der Waals surface area (Å²) < 4.78 is 8.94. The Morgan fingerprint density at radius 3 is 2.04 bits per heavy atom. The summed E-state index contributed by atoms with van der Waals surface area (Å²) in [5.74, 6) is 0.891. The molecule has 4 heteroatoms. The minimum Gasteiger partial charge on any atom is -0.481 e. The SMILES string of the molecule is CC12C=CC=CC1Oc1ccccc1N2c1cccc(-n2c3ccccc3c3cc(N(c4ccccc4)c4ccc(-c5ccccc5)cc4)ccc32)c1. The summed E-state index contributed by atoms with van der Waals surface area (Å²) in [7, 11) is 0. The first-order valence-electron chi connectivity index (χ1n) is 18.2. The molecule has 0 fully saturated rings. The highest BCUT2D eigenvalue weighted by Gasteiger charge is 2.45. The lowest BCUT2D eigenvalue weighted by Gasteiger charge is -2.49. The number of rotatable bonds is 6. The van der Waals surface area contributed by atoms with Gasteiger partial charge in [0.15, 0.2) is 0 Å². The highest BCUT2D eigenvalue weighted by molar-refractivity contribution is 6.10. The molecule has 0 spiro atoms. The number of hydrogen-bond acceptors (Lipinski definition) is 3. The largest absolute Gasteiger partial charge is 0.481 e. The summed E-state index contributed by atoms with van der Waals surface area (Å²) in [6.45, 7) is 2.26. The first-order chi connectivity index (χ1) is 26.2. The smallest absolute Gasteiger partial charge is 0.144 e. The van der Waals surface area contributed by atoms with Gasteiger partial charge in [0, 0.05) is 39.2 Å². The van der Waals surface area contributed by atoms with Crippen LogP contribution < -0.4 is 14.5 Å². The fourth-order valence-electron chi connectivity index (χ4n) is 8.23. The van der Waals surface area contributed by atoms with E-state index >= 15 is 0 Å². The van der Waals surface area contributed by atoms with Crippen molar-refractivity contribution in [2.75, 3.05) is 9.80 Å². The Kier molecular flexibility index (Phi) is 7.29. The maximum absolute atomic E-state index is 6.54. The van der Waals surface area contributed by atoms with Gasteiger partial charge in [0.25, 0.3) is 0 Å². The number of para-hydroxylation sites is 4. The number of allylic oxidation sites excluding steroid dienone is 2. The van der Waals surface area contributed by atoms with Crippen molar-refractivity contribution >= 4 is 50.2 Å². The molecule has 0 radical (unpaired) electrons. The molecule has 2 unspecified atom stereocenters. The molecule has 0 amide bonds. The van der Waals surface area contributed by atoms with Crippen molar-refractivity contribution in [1.82, 2.24) is 4.57 Å². The number of nitrogens with zero attached hydrogens (tertiary/aromatic N) is 3. The number of hydrogen-bond donors (Lipinski definition) is 0. The Morgan fingerprint density at radius 2 is 1.19 bits per heavy atom. The lowest BCUT2D eigenvalue weighted by atomic mass is 9.85. The maximum atomic E-state index is 6.54. The molecule has 0 bridgehead atoms. The lowest BCUT2D eigenvalue weighted by molar-refractivity contribution is 0.170. The van der Waals surface area contributed by atoms with Gasteiger partial charge in [-0.25, -0.2) is 0 Å². The zero-order chi connectivity index (χ0) is 35.4. The van der Waals surface area contributed by atoms with Crippen molar-refractivity contribution in [3.05, 3.63) is 200 Å². The lowest BCUT2D eigenvalue weighted by Crippen LogP contribution is -2.56. The average Bonchev–Trinajstić information content (AvgIpc) is 3.55. The summed E-state index contributed by atoms with van der Waals surface area (Å²) in [6, 6.07) is 63.0. The van der Waals surface area contributed by atoms with Crippen LogP contribution in [0.1, 0.15) is 6.92 Å². The van der Waals surface area contributed by atoms with E-state index in [1.54, 1.807) is 0 Å². The number of anilines is 5. The maximum Gasteiger partial charge on any atom is 0.144 e. The molecule has 2 heterocycles. The van der Waals surface area contributed by atoms with Gasteiger partial charge in [-0.05, 0) is 103 Å². The van der Waals surface area contributed by atoms with Crippen LogP contribution in [0.15, 0.2) is 200 Å². The van der Waals surface area contributed by atoms with Crippen LogP contribution in [0.3, 0.4) is 0 Å². The van der Waals surface area contributed by atoms with Gasteiger partial charge in [0.1, 0.15) is 17.4 Å². The second kappa shape index (κ2) is 12.5. The highest BCUT2D eigenvalue weighted by Crippen LogP contribution is 2.48. The number of ether oxygens (including phenoxy) is 1. The van der Waals surface area contributed by atoms with Crippen molar-refractivity contribution < 1.29 is 4.74 Å². The second-order valence-corrected chi connectivity index (χ2v) is 14.0. The third-order valence-electron chi connectivity index (χ3n) is 10.8. The summed E-state index contributed by atoms with van der Waals surface area (Å²) in [4.78, 5) is 4.78. The average molecular weight is 684 g/mol. The Labute approximate surface area is 309 Å². The van der Waals surface area contributed by atoms with E-state index in [1.807, 2.05) is 6.07 Å². The van der Waals surface area contributed by atoms with E-state index in [9.17, 15) is 0 Å². The van der Waals surface area contributed by atoms with Crippen LogP contribution in [0.25, 0.3) is 38.6 Å². The van der Waals surface area contributed by atoms with Crippen molar-refractivity contribution in [3.63, 3.8) is 0 Å². The summed E-state index contributed by atoms with van der Waals surface area (Å²) >= 11 is 0. The monoisotopic (exact) mass is 683 g/mol. The Hall–Kier alpha value is -6.78. The molecular formula is C49H37N3O. The van der Waals surface area contributed by atoms with Crippen LogP contribution >= 0.6 is 0 Å². The summed E-state index contributed by atoms with van der Waals surface area (Å²) in [5.41, 5.74) is 11.0. The molecule has 254 valence electrons. The van der Waals surface area contributed by atoms with Gasteiger partial charge in [-0.3, -0.25) is 0 Å². The van der Waals surface area contributed by atoms with Gasteiger partial charge >= 0.3 is 0 Å². The standard InChI is InChI=1S/C49H37N3O/c1-49-32-13-12-25-48(49)53-47-24-11-10-23-46(47)52(49)41-20-14-19-39(33-41)51-44-22-9-8-21-42(44)43-34-40(30-31-45(43)51)50(37-17-6-3-7-18-37)38-28-26-36(27-29-38)35-15-4-2-5-16-35/h2-34,48H,1H3. The molecule has 10 rings (SSSR count). The van der Waals surface area contributed by atoms with E-state index in [2.05, 4.69) is 215 Å². The van der Waals surface area contributed by atoms with Crippen LogP contribution in [0.5, 0.6) is 5.75 Å². The van der Waals surface area contributed by atoms with Gasteiger partial charge in [-0.1, -0.05) is 115 Å². The van der Waals surface area contributed by atoms with Crippen LogP contribution in [0.4, 0.5) is 28.4 Å². The number of benzene rings is 7. The fraction of sp³-hybridized carbons (Fsp3) is 0.0612. The molecule has 2 atom stereocenters. The predicted octanol–water partition coefficient (Wildman–Crippen LogP) is 12.7. The van der Waals surface area contributed by atoms with Crippen molar-refractivity contribution in [3.8, 4) is 22.6 Å². The zero-order valence-corrected chi connectivity index (χ0v) is 29.4. The van der Waals surface area contributed by atoms with Crippen molar-refractivity contribution in [2.45, 2.75) is 18.6 Å². The van der Waals surface area contributed by atoms with Gasteiger partial charge in [-0.15, -0.1) is 0 Å². The Morgan fingerprint density at radius 1 is 0.528 bits per heavy atom. The first kappa shape index (κ1) is 31.0. The minimum absolute atomic E-state index is 0.111. The molecule has 1 aliphatic carbocycles.